The number of aromatic hydroxyl groups is 2. The van der Waals surface area contributed by atoms with Gasteiger partial charge < -0.3 is 15.1 Å². The van der Waals surface area contributed by atoms with Gasteiger partial charge in [-0.05, 0) is 56.2 Å². The average molecular weight is 271 g/mol. The van der Waals surface area contributed by atoms with E-state index in [1.54, 1.807) is 12.1 Å². The molecular weight excluding hydrogens is 250 g/mol. The second-order valence-corrected chi connectivity index (χ2v) is 5.08. The highest BCUT2D eigenvalue weighted by Gasteiger charge is 2.16. The number of hydrogen-bond acceptors (Lipinski definition) is 3. The zero-order chi connectivity index (χ0) is 14.7. The molecule has 106 valence electrons. The molecule has 0 spiro atoms. The number of phenolic OH excluding ortho intramolecular Hbond substituents is 2. The van der Waals surface area contributed by atoms with Crippen LogP contribution < -0.4 is 4.90 Å². The molecule has 3 heteroatoms. The van der Waals surface area contributed by atoms with Crippen LogP contribution >= 0.6 is 0 Å². The molecule has 0 heterocycles. The molecule has 0 aliphatic heterocycles. The van der Waals surface area contributed by atoms with E-state index in [1.807, 2.05) is 6.07 Å². The second kappa shape index (κ2) is 5.87. The van der Waals surface area contributed by atoms with Gasteiger partial charge in [0.15, 0.2) is 0 Å². The Hall–Kier alpha value is -2.16. The Bertz CT molecular complexity index is 575. The Morgan fingerprint density at radius 3 is 2.25 bits per heavy atom. The van der Waals surface area contributed by atoms with Crippen LogP contribution in [0.4, 0.5) is 5.69 Å². The molecule has 0 amide bonds. The van der Waals surface area contributed by atoms with Gasteiger partial charge in [-0.1, -0.05) is 12.1 Å². The van der Waals surface area contributed by atoms with Gasteiger partial charge in [-0.15, -0.1) is 0 Å². The van der Waals surface area contributed by atoms with E-state index in [1.165, 1.54) is 11.6 Å². The molecule has 1 atom stereocenters. The van der Waals surface area contributed by atoms with Crippen molar-refractivity contribution < 1.29 is 10.2 Å². The highest BCUT2D eigenvalue weighted by molar-refractivity contribution is 5.51. The van der Waals surface area contributed by atoms with E-state index < -0.39 is 0 Å². The SMILES string of the molecule is CCN(c1cccc(C)c1)C(C)c1cc(O)cc(O)c1. The number of anilines is 1. The zero-order valence-electron chi connectivity index (χ0n) is 12.2. The molecule has 0 fully saturated rings. The molecule has 0 aliphatic carbocycles. The third-order valence-corrected chi connectivity index (χ3v) is 3.55. The Balaban J connectivity index is 2.35. The lowest BCUT2D eigenvalue weighted by Gasteiger charge is -2.31. The fraction of sp³-hybridized carbons (Fsp3) is 0.294. The molecule has 3 nitrogen and oxygen atoms in total. The van der Waals surface area contributed by atoms with E-state index in [-0.39, 0.29) is 17.5 Å². The maximum absolute atomic E-state index is 9.63. The zero-order valence-corrected chi connectivity index (χ0v) is 12.2. The first-order chi connectivity index (χ1) is 9.51. The number of rotatable bonds is 4. The van der Waals surface area contributed by atoms with Crippen LogP contribution in [-0.4, -0.2) is 16.8 Å². The van der Waals surface area contributed by atoms with Gasteiger partial charge in [0.2, 0.25) is 0 Å². The number of hydrogen-bond donors (Lipinski definition) is 2. The summed E-state index contributed by atoms with van der Waals surface area (Å²) in [5.41, 5.74) is 3.25. The first-order valence-electron chi connectivity index (χ1n) is 6.87. The van der Waals surface area contributed by atoms with Gasteiger partial charge >= 0.3 is 0 Å². The molecule has 0 bridgehead atoms. The summed E-state index contributed by atoms with van der Waals surface area (Å²) in [5.74, 6) is 0.180. The number of phenols is 2. The minimum atomic E-state index is 0.0693. The van der Waals surface area contributed by atoms with Gasteiger partial charge in [-0.2, -0.15) is 0 Å². The lowest BCUT2D eigenvalue weighted by atomic mass is 10.0. The monoisotopic (exact) mass is 271 g/mol. The maximum Gasteiger partial charge on any atom is 0.119 e. The maximum atomic E-state index is 9.63. The molecule has 1 unspecified atom stereocenters. The minimum Gasteiger partial charge on any atom is -0.508 e. The first kappa shape index (κ1) is 14.3. The van der Waals surface area contributed by atoms with Crippen LogP contribution in [0.3, 0.4) is 0 Å². The molecular formula is C17H21NO2. The molecule has 2 rings (SSSR count). The van der Waals surface area contributed by atoms with E-state index in [0.29, 0.717) is 0 Å². The van der Waals surface area contributed by atoms with E-state index in [2.05, 4.69) is 43.9 Å². The van der Waals surface area contributed by atoms with Crippen LogP contribution in [0, 0.1) is 6.92 Å². The third-order valence-electron chi connectivity index (χ3n) is 3.55. The topological polar surface area (TPSA) is 43.7 Å². The Kier molecular flexibility index (Phi) is 4.18. The van der Waals surface area contributed by atoms with Crippen molar-refractivity contribution in [3.05, 3.63) is 53.6 Å². The first-order valence-corrected chi connectivity index (χ1v) is 6.87. The van der Waals surface area contributed by atoms with Crippen molar-refractivity contribution in [1.82, 2.24) is 0 Å². The van der Waals surface area contributed by atoms with Crippen LogP contribution in [0.5, 0.6) is 11.5 Å². The second-order valence-electron chi connectivity index (χ2n) is 5.08. The van der Waals surface area contributed by atoms with Crippen molar-refractivity contribution in [2.45, 2.75) is 26.8 Å². The van der Waals surface area contributed by atoms with Crippen LogP contribution in [0.1, 0.15) is 31.0 Å². The Morgan fingerprint density at radius 2 is 1.70 bits per heavy atom. The van der Waals surface area contributed by atoms with Crippen molar-refractivity contribution in [2.75, 3.05) is 11.4 Å². The van der Waals surface area contributed by atoms with Crippen LogP contribution in [-0.2, 0) is 0 Å². The lowest BCUT2D eigenvalue weighted by molar-refractivity contribution is 0.448. The summed E-state index contributed by atoms with van der Waals surface area (Å²) in [5, 5.41) is 19.3. The fourth-order valence-electron chi connectivity index (χ4n) is 2.53. The summed E-state index contributed by atoms with van der Waals surface area (Å²) < 4.78 is 0. The Morgan fingerprint density at radius 1 is 1.05 bits per heavy atom. The van der Waals surface area contributed by atoms with Crippen molar-refractivity contribution in [2.24, 2.45) is 0 Å². The van der Waals surface area contributed by atoms with Crippen molar-refractivity contribution in [3.63, 3.8) is 0 Å². The number of benzene rings is 2. The van der Waals surface area contributed by atoms with E-state index in [9.17, 15) is 10.2 Å². The summed E-state index contributed by atoms with van der Waals surface area (Å²) in [4.78, 5) is 2.24. The highest BCUT2D eigenvalue weighted by atomic mass is 16.3. The van der Waals surface area contributed by atoms with Gasteiger partial charge in [0.25, 0.3) is 0 Å². The molecule has 20 heavy (non-hydrogen) atoms. The van der Waals surface area contributed by atoms with E-state index in [4.69, 9.17) is 0 Å². The van der Waals surface area contributed by atoms with Crippen LogP contribution in [0.25, 0.3) is 0 Å². The Labute approximate surface area is 120 Å². The smallest absolute Gasteiger partial charge is 0.119 e. The predicted molar refractivity (Wildman–Crippen MR) is 82.4 cm³/mol. The number of aryl methyl sites for hydroxylation is 1. The van der Waals surface area contributed by atoms with E-state index >= 15 is 0 Å². The number of nitrogens with zero attached hydrogens (tertiary/aromatic N) is 1. The molecule has 0 radical (unpaired) electrons. The third kappa shape index (κ3) is 3.05. The van der Waals surface area contributed by atoms with Gasteiger partial charge in [-0.25, -0.2) is 0 Å². The normalized spacial score (nSPS) is 12.2. The quantitative estimate of drug-likeness (QED) is 0.883. The average Bonchev–Trinajstić information content (AvgIpc) is 2.38. The molecule has 0 aromatic heterocycles. The molecule has 2 N–H and O–H groups in total. The minimum absolute atomic E-state index is 0.0693. The van der Waals surface area contributed by atoms with Crippen molar-refractivity contribution >= 4 is 5.69 Å². The summed E-state index contributed by atoms with van der Waals surface area (Å²) in [6, 6.07) is 13.1. The van der Waals surface area contributed by atoms with Crippen LogP contribution in [0.2, 0.25) is 0 Å². The molecule has 2 aromatic carbocycles. The summed E-state index contributed by atoms with van der Waals surface area (Å²) in [6.07, 6.45) is 0. The van der Waals surface area contributed by atoms with Gasteiger partial charge in [0, 0.05) is 18.3 Å². The highest BCUT2D eigenvalue weighted by Crippen LogP contribution is 2.31. The largest absolute Gasteiger partial charge is 0.508 e. The van der Waals surface area contributed by atoms with Gasteiger partial charge in [0.05, 0.1) is 6.04 Å². The van der Waals surface area contributed by atoms with E-state index in [0.717, 1.165) is 17.8 Å². The van der Waals surface area contributed by atoms with Crippen molar-refractivity contribution in [1.29, 1.82) is 0 Å². The summed E-state index contributed by atoms with van der Waals surface area (Å²) in [7, 11) is 0. The molecule has 0 aliphatic rings. The standard InChI is InChI=1S/C17H21NO2/c1-4-18(15-7-5-6-12(2)8-15)13(3)14-9-16(19)11-17(20)10-14/h5-11,13,19-20H,4H2,1-3H3. The fourth-order valence-corrected chi connectivity index (χ4v) is 2.53. The molecule has 0 saturated heterocycles. The molecule has 2 aromatic rings. The van der Waals surface area contributed by atoms with Crippen LogP contribution in [0.15, 0.2) is 42.5 Å². The summed E-state index contributed by atoms with van der Waals surface area (Å²) in [6.45, 7) is 7.09. The predicted octanol–water partition coefficient (Wildman–Crippen LogP) is 3.99. The summed E-state index contributed by atoms with van der Waals surface area (Å²) >= 11 is 0. The van der Waals surface area contributed by atoms with Crippen molar-refractivity contribution in [3.8, 4) is 11.5 Å². The molecule has 0 saturated carbocycles. The lowest BCUT2D eigenvalue weighted by Crippen LogP contribution is -2.26. The van der Waals surface area contributed by atoms with Gasteiger partial charge in [0.1, 0.15) is 11.5 Å². The van der Waals surface area contributed by atoms with Gasteiger partial charge in [-0.3, -0.25) is 0 Å².